The molecule has 0 radical (unpaired) electrons. The summed E-state index contributed by atoms with van der Waals surface area (Å²) in [6, 6.07) is 6.56. The van der Waals surface area contributed by atoms with Crippen LogP contribution in [0.3, 0.4) is 0 Å². The number of hydrogen-bond donors (Lipinski definition) is 0. The van der Waals surface area contributed by atoms with Crippen molar-refractivity contribution in [2.45, 2.75) is 6.42 Å². The van der Waals surface area contributed by atoms with Gasteiger partial charge in [-0.05, 0) is 24.6 Å². The first-order valence-corrected chi connectivity index (χ1v) is 4.80. The Balaban J connectivity index is 2.60. The largest absolute Gasteiger partial charge is 0.374 e. The van der Waals surface area contributed by atoms with E-state index in [1.807, 2.05) is 18.0 Å². The van der Waals surface area contributed by atoms with Gasteiger partial charge in [-0.1, -0.05) is 6.07 Å². The first-order valence-electron chi connectivity index (χ1n) is 4.26. The number of nitrogens with zero attached hydrogens (tertiary/aromatic N) is 1. The maximum absolute atomic E-state index is 12.8. The van der Waals surface area contributed by atoms with Gasteiger partial charge in [-0.3, -0.25) is 0 Å². The van der Waals surface area contributed by atoms with E-state index in [1.165, 1.54) is 12.1 Å². The molecule has 13 heavy (non-hydrogen) atoms. The maximum atomic E-state index is 12.8. The lowest BCUT2D eigenvalue weighted by atomic mass is 10.3. The second-order valence-electron chi connectivity index (χ2n) is 2.94. The average molecular weight is 202 g/mol. The fourth-order valence-corrected chi connectivity index (χ4v) is 1.26. The van der Waals surface area contributed by atoms with Crippen LogP contribution in [0.5, 0.6) is 0 Å². The molecule has 0 N–H and O–H groups in total. The molecule has 0 amide bonds. The van der Waals surface area contributed by atoms with Crippen molar-refractivity contribution < 1.29 is 4.39 Å². The predicted octanol–water partition coefficient (Wildman–Crippen LogP) is 2.89. The van der Waals surface area contributed by atoms with Gasteiger partial charge in [0.05, 0.1) is 0 Å². The van der Waals surface area contributed by atoms with Gasteiger partial charge in [0, 0.05) is 25.2 Å². The molecule has 0 heterocycles. The molecule has 0 unspecified atom stereocenters. The summed E-state index contributed by atoms with van der Waals surface area (Å²) in [4.78, 5) is 1.99. The summed E-state index contributed by atoms with van der Waals surface area (Å²) >= 11 is 5.56. The third kappa shape index (κ3) is 3.23. The van der Waals surface area contributed by atoms with E-state index in [1.54, 1.807) is 6.07 Å². The van der Waals surface area contributed by atoms with Crippen LogP contribution in [0.4, 0.5) is 10.1 Å². The molecule has 0 saturated carbocycles. The van der Waals surface area contributed by atoms with Crippen molar-refractivity contribution >= 4 is 17.3 Å². The summed E-state index contributed by atoms with van der Waals surface area (Å²) in [5, 5.41) is 0. The number of alkyl halides is 1. The minimum absolute atomic E-state index is 0.199. The lowest BCUT2D eigenvalue weighted by Crippen LogP contribution is -2.18. The van der Waals surface area contributed by atoms with E-state index in [4.69, 9.17) is 11.6 Å². The summed E-state index contributed by atoms with van der Waals surface area (Å²) in [6.07, 6.45) is 0.911. The molecule has 0 aromatic heterocycles. The number of halogens is 2. The Kier molecular flexibility index (Phi) is 4.03. The Morgan fingerprint density at radius 2 is 2.23 bits per heavy atom. The molecule has 0 fully saturated rings. The van der Waals surface area contributed by atoms with E-state index in [-0.39, 0.29) is 5.82 Å². The molecule has 1 aromatic carbocycles. The van der Waals surface area contributed by atoms with E-state index in [2.05, 4.69) is 0 Å². The predicted molar refractivity (Wildman–Crippen MR) is 55.0 cm³/mol. The van der Waals surface area contributed by atoms with Gasteiger partial charge in [0.2, 0.25) is 0 Å². The molecule has 0 spiro atoms. The quantitative estimate of drug-likeness (QED) is 0.678. The molecule has 72 valence electrons. The Bertz CT molecular complexity index is 265. The maximum Gasteiger partial charge on any atom is 0.125 e. The van der Waals surface area contributed by atoms with Crippen LogP contribution in [0.1, 0.15) is 6.42 Å². The van der Waals surface area contributed by atoms with Crippen molar-refractivity contribution in [2.75, 3.05) is 24.4 Å². The minimum atomic E-state index is -0.199. The lowest BCUT2D eigenvalue weighted by molar-refractivity contribution is 0.627. The third-order valence-corrected chi connectivity index (χ3v) is 2.14. The van der Waals surface area contributed by atoms with E-state index in [0.717, 1.165) is 18.7 Å². The Hall–Kier alpha value is -0.760. The number of benzene rings is 1. The molecule has 0 aliphatic rings. The molecule has 1 aromatic rings. The van der Waals surface area contributed by atoms with Crippen LogP contribution in [0.15, 0.2) is 24.3 Å². The van der Waals surface area contributed by atoms with E-state index in [9.17, 15) is 4.39 Å². The molecule has 0 bridgehead atoms. The molecule has 1 nitrogen and oxygen atoms in total. The zero-order chi connectivity index (χ0) is 9.68. The highest BCUT2D eigenvalue weighted by atomic mass is 35.5. The highest BCUT2D eigenvalue weighted by molar-refractivity contribution is 6.17. The van der Waals surface area contributed by atoms with Crippen molar-refractivity contribution in [1.29, 1.82) is 0 Å². The zero-order valence-electron chi connectivity index (χ0n) is 7.63. The molecular weight excluding hydrogens is 189 g/mol. The summed E-state index contributed by atoms with van der Waals surface area (Å²) in [7, 11) is 1.93. The third-order valence-electron chi connectivity index (χ3n) is 1.88. The van der Waals surface area contributed by atoms with Crippen LogP contribution >= 0.6 is 11.6 Å². The zero-order valence-corrected chi connectivity index (χ0v) is 8.39. The van der Waals surface area contributed by atoms with E-state index >= 15 is 0 Å². The normalized spacial score (nSPS) is 10.1. The van der Waals surface area contributed by atoms with Crippen LogP contribution < -0.4 is 4.90 Å². The Morgan fingerprint density at radius 3 is 2.85 bits per heavy atom. The minimum Gasteiger partial charge on any atom is -0.374 e. The smallest absolute Gasteiger partial charge is 0.125 e. The van der Waals surface area contributed by atoms with E-state index < -0.39 is 0 Å². The second kappa shape index (κ2) is 5.07. The molecule has 1 rings (SSSR count). The second-order valence-corrected chi connectivity index (χ2v) is 3.32. The van der Waals surface area contributed by atoms with Gasteiger partial charge in [0.15, 0.2) is 0 Å². The lowest BCUT2D eigenvalue weighted by Gasteiger charge is -2.18. The van der Waals surface area contributed by atoms with Crippen molar-refractivity contribution in [3.05, 3.63) is 30.1 Å². The van der Waals surface area contributed by atoms with Crippen LogP contribution in [0.2, 0.25) is 0 Å². The molecule has 0 aliphatic carbocycles. The summed E-state index contributed by atoms with van der Waals surface area (Å²) < 4.78 is 12.8. The van der Waals surface area contributed by atoms with Gasteiger partial charge in [0.25, 0.3) is 0 Å². The van der Waals surface area contributed by atoms with Gasteiger partial charge >= 0.3 is 0 Å². The highest BCUT2D eigenvalue weighted by Gasteiger charge is 2.00. The van der Waals surface area contributed by atoms with Crippen molar-refractivity contribution in [3.63, 3.8) is 0 Å². The van der Waals surface area contributed by atoms with Gasteiger partial charge in [-0.15, -0.1) is 11.6 Å². The average Bonchev–Trinajstić information content (AvgIpc) is 2.14. The Labute approximate surface area is 83.1 Å². The van der Waals surface area contributed by atoms with Gasteiger partial charge in [-0.2, -0.15) is 0 Å². The Morgan fingerprint density at radius 1 is 1.46 bits per heavy atom. The van der Waals surface area contributed by atoms with Crippen molar-refractivity contribution in [1.82, 2.24) is 0 Å². The number of rotatable bonds is 4. The molecule has 0 aliphatic heterocycles. The fourth-order valence-electron chi connectivity index (χ4n) is 1.14. The molecule has 0 atom stereocenters. The summed E-state index contributed by atoms with van der Waals surface area (Å²) in [5.41, 5.74) is 0.894. The molecular formula is C10H13ClFN. The topological polar surface area (TPSA) is 3.24 Å². The van der Waals surface area contributed by atoms with Crippen LogP contribution in [0, 0.1) is 5.82 Å². The van der Waals surface area contributed by atoms with Gasteiger partial charge in [0.1, 0.15) is 5.82 Å². The summed E-state index contributed by atoms with van der Waals surface area (Å²) in [6.45, 7) is 0.854. The van der Waals surface area contributed by atoms with Crippen molar-refractivity contribution in [3.8, 4) is 0 Å². The van der Waals surface area contributed by atoms with Gasteiger partial charge in [-0.25, -0.2) is 4.39 Å². The standard InChI is InChI=1S/C10H13ClFN/c1-13(7-3-6-11)10-5-2-4-9(12)8-10/h2,4-5,8H,3,6-7H2,1H3. The van der Waals surface area contributed by atoms with Gasteiger partial charge < -0.3 is 4.90 Å². The van der Waals surface area contributed by atoms with Crippen molar-refractivity contribution in [2.24, 2.45) is 0 Å². The van der Waals surface area contributed by atoms with E-state index in [0.29, 0.717) is 5.88 Å². The molecule has 0 saturated heterocycles. The fraction of sp³-hybridized carbons (Fsp3) is 0.400. The van der Waals surface area contributed by atoms with Crippen LogP contribution in [-0.2, 0) is 0 Å². The number of hydrogen-bond acceptors (Lipinski definition) is 1. The monoisotopic (exact) mass is 201 g/mol. The first kappa shape index (κ1) is 10.3. The molecule has 3 heteroatoms. The first-order chi connectivity index (χ1) is 6.24. The van der Waals surface area contributed by atoms with Crippen LogP contribution in [0.25, 0.3) is 0 Å². The summed E-state index contributed by atoms with van der Waals surface area (Å²) in [5.74, 6) is 0.440. The highest BCUT2D eigenvalue weighted by Crippen LogP contribution is 2.13. The SMILES string of the molecule is CN(CCCCl)c1cccc(F)c1. The number of anilines is 1. The van der Waals surface area contributed by atoms with Crippen LogP contribution in [-0.4, -0.2) is 19.5 Å².